The molecule has 0 saturated heterocycles. The molecule has 0 aromatic carbocycles. The van der Waals surface area contributed by atoms with E-state index in [9.17, 15) is 44.1 Å². The monoisotopic (exact) mass is 450 g/mol. The Balaban J connectivity index is -0.000000174. The Morgan fingerprint density at radius 1 is 0.581 bits per heavy atom. The first-order valence-electron chi connectivity index (χ1n) is 8.74. The summed E-state index contributed by atoms with van der Waals surface area (Å²) in [6.07, 6.45) is 4.62. The van der Waals surface area contributed by atoms with E-state index in [0.29, 0.717) is 0 Å². The number of carboxylic acid groups (broad SMARTS) is 3. The summed E-state index contributed by atoms with van der Waals surface area (Å²) in [5.74, 6) is -8.20. The summed E-state index contributed by atoms with van der Waals surface area (Å²) in [7, 11) is 0. The van der Waals surface area contributed by atoms with Crippen LogP contribution >= 0.6 is 0 Å². The molecule has 3 unspecified atom stereocenters. The average Bonchev–Trinajstić information content (AvgIpc) is 2.61. The van der Waals surface area contributed by atoms with E-state index in [1.807, 2.05) is 0 Å². The van der Waals surface area contributed by atoms with Crippen LogP contribution in [0, 0.1) is 17.8 Å². The first-order chi connectivity index (χ1) is 13.8. The maximum absolute atomic E-state index is 10.5. The summed E-state index contributed by atoms with van der Waals surface area (Å²) in [5, 5.41) is 30.5. The molecule has 0 aliphatic heterocycles. The topological polar surface area (TPSA) is 172 Å². The van der Waals surface area contributed by atoms with E-state index in [1.165, 1.54) is 39.0 Å². The fraction of sp³-hybridized carbons (Fsp3) is 0.429. The number of rotatable bonds is 12. The molecule has 3 atom stereocenters. The minimum absolute atomic E-state index is 0. The van der Waals surface area contributed by atoms with E-state index in [-0.39, 0.29) is 54.0 Å². The normalized spacial score (nSPS) is 11.7. The Kier molecular flexibility index (Phi) is 23.5. The molecular formula is C21H27AlO9. The van der Waals surface area contributed by atoms with Crippen molar-refractivity contribution in [3.05, 3.63) is 38.0 Å². The van der Waals surface area contributed by atoms with Gasteiger partial charge in [0.05, 0.1) is 35.7 Å². The Morgan fingerprint density at radius 2 is 0.742 bits per heavy atom. The third-order valence-electron chi connectivity index (χ3n) is 3.53. The molecular weight excluding hydrogens is 423 g/mol. The largest absolute Gasteiger partial charge is 3.00 e. The van der Waals surface area contributed by atoms with Crippen LogP contribution in [0.15, 0.2) is 38.0 Å². The zero-order chi connectivity index (χ0) is 24.4. The quantitative estimate of drug-likeness (QED) is 0.188. The van der Waals surface area contributed by atoms with Crippen LogP contribution in [-0.4, -0.2) is 52.6 Å². The number of aliphatic carboxylic acids is 3. The Morgan fingerprint density at radius 3 is 0.774 bits per heavy atom. The zero-order valence-electron chi connectivity index (χ0n) is 18.0. The molecule has 0 amide bonds. The average molecular weight is 450 g/mol. The number of carbonyl (C=O) groups is 6. The maximum atomic E-state index is 10.5. The molecule has 0 spiro atoms. The molecule has 0 saturated carbocycles. The van der Waals surface area contributed by atoms with Crippen LogP contribution in [0.1, 0.15) is 40.0 Å². The van der Waals surface area contributed by atoms with Crippen LogP contribution in [0.4, 0.5) is 0 Å². The second-order valence-electron chi connectivity index (χ2n) is 6.02. The van der Waals surface area contributed by atoms with Crippen LogP contribution in [0.5, 0.6) is 0 Å². The van der Waals surface area contributed by atoms with E-state index in [4.69, 9.17) is 0 Å². The molecule has 0 aromatic heterocycles. The van der Waals surface area contributed by atoms with Gasteiger partial charge < -0.3 is 29.7 Å². The summed E-state index contributed by atoms with van der Waals surface area (Å²) >= 11 is 0. The summed E-state index contributed by atoms with van der Waals surface area (Å²) < 4.78 is 0. The number of carboxylic acids is 3. The molecule has 0 heterocycles. The standard InChI is InChI=1S/3C7H10O3.Al/c3*1-3-4-6(5(2)8)7(9)10;/h3*3,6H,1,4H2,2H3,(H,9,10);/q;;;+3/p-3. The number of allylic oxidation sites excluding steroid dienone is 3. The molecule has 31 heavy (non-hydrogen) atoms. The fourth-order valence-electron chi connectivity index (χ4n) is 1.78. The van der Waals surface area contributed by atoms with Crippen molar-refractivity contribution >= 4 is 52.6 Å². The van der Waals surface area contributed by atoms with Gasteiger partial charge in [0.15, 0.2) is 0 Å². The third kappa shape index (κ3) is 18.9. The van der Waals surface area contributed by atoms with Gasteiger partial charge in [-0.05, 0) is 40.0 Å². The van der Waals surface area contributed by atoms with Crippen molar-refractivity contribution in [2.75, 3.05) is 0 Å². The maximum Gasteiger partial charge on any atom is 3.00 e. The molecule has 0 fully saturated rings. The number of carbonyl (C=O) groups excluding carboxylic acids is 6. The summed E-state index contributed by atoms with van der Waals surface area (Å²) in [6, 6.07) is 0. The third-order valence-corrected chi connectivity index (χ3v) is 3.53. The zero-order valence-corrected chi connectivity index (χ0v) is 19.1. The van der Waals surface area contributed by atoms with Crippen molar-refractivity contribution < 1.29 is 44.1 Å². The predicted molar refractivity (Wildman–Crippen MR) is 108 cm³/mol. The van der Waals surface area contributed by atoms with Crippen LogP contribution in [0.25, 0.3) is 0 Å². The first-order valence-corrected chi connectivity index (χ1v) is 8.74. The van der Waals surface area contributed by atoms with Crippen molar-refractivity contribution in [2.45, 2.75) is 40.0 Å². The molecule has 0 aliphatic carbocycles. The number of Topliss-reactive ketones (excluding diaryl/α,β-unsaturated/α-hetero) is 3. The van der Waals surface area contributed by atoms with Crippen molar-refractivity contribution in [1.82, 2.24) is 0 Å². The Labute approximate surface area is 192 Å². The number of hydrogen-bond acceptors (Lipinski definition) is 9. The van der Waals surface area contributed by atoms with Gasteiger partial charge in [-0.2, -0.15) is 0 Å². The van der Waals surface area contributed by atoms with Crippen LogP contribution in [0.3, 0.4) is 0 Å². The van der Waals surface area contributed by atoms with Gasteiger partial charge in [-0.3, -0.25) is 14.4 Å². The van der Waals surface area contributed by atoms with Crippen molar-refractivity contribution in [1.29, 1.82) is 0 Å². The molecule has 0 aliphatic rings. The van der Waals surface area contributed by atoms with Gasteiger partial charge in [0.25, 0.3) is 0 Å². The van der Waals surface area contributed by atoms with Crippen molar-refractivity contribution in [2.24, 2.45) is 17.8 Å². The van der Waals surface area contributed by atoms with Crippen LogP contribution in [0.2, 0.25) is 0 Å². The molecule has 0 N–H and O–H groups in total. The van der Waals surface area contributed by atoms with E-state index >= 15 is 0 Å². The van der Waals surface area contributed by atoms with E-state index < -0.39 is 35.7 Å². The van der Waals surface area contributed by atoms with Gasteiger partial charge >= 0.3 is 17.4 Å². The summed E-state index contributed by atoms with van der Waals surface area (Å²) in [5.41, 5.74) is 0. The van der Waals surface area contributed by atoms with Crippen LogP contribution in [-0.2, 0) is 28.8 Å². The minimum atomic E-state index is -1.33. The first kappa shape index (κ1) is 35.6. The second-order valence-corrected chi connectivity index (χ2v) is 6.02. The molecule has 0 radical (unpaired) electrons. The molecule has 0 rings (SSSR count). The van der Waals surface area contributed by atoms with Gasteiger partial charge in [-0.1, -0.05) is 18.2 Å². The van der Waals surface area contributed by atoms with Gasteiger partial charge in [-0.15, -0.1) is 19.7 Å². The summed E-state index contributed by atoms with van der Waals surface area (Å²) in [4.78, 5) is 62.0. The van der Waals surface area contributed by atoms with E-state index in [0.717, 1.165) is 0 Å². The Bertz CT molecular complexity index is 535. The van der Waals surface area contributed by atoms with Gasteiger partial charge in [-0.25, -0.2) is 0 Å². The van der Waals surface area contributed by atoms with Crippen molar-refractivity contribution in [3.8, 4) is 0 Å². The Hall–Kier alpha value is -2.83. The van der Waals surface area contributed by atoms with Crippen LogP contribution < -0.4 is 15.3 Å². The van der Waals surface area contributed by atoms with E-state index in [2.05, 4.69) is 19.7 Å². The van der Waals surface area contributed by atoms with Crippen molar-refractivity contribution in [3.63, 3.8) is 0 Å². The molecule has 10 heteroatoms. The predicted octanol–water partition coefficient (Wildman–Crippen LogP) is -1.83. The number of ketones is 3. The molecule has 168 valence electrons. The minimum Gasteiger partial charge on any atom is -0.549 e. The molecule has 0 bridgehead atoms. The molecule has 9 nitrogen and oxygen atoms in total. The van der Waals surface area contributed by atoms with Gasteiger partial charge in [0, 0.05) is 0 Å². The fourth-order valence-corrected chi connectivity index (χ4v) is 1.78. The smallest absolute Gasteiger partial charge is 0.549 e. The molecule has 0 aromatic rings. The number of hydrogen-bond donors (Lipinski definition) is 0. The van der Waals surface area contributed by atoms with Gasteiger partial charge in [0.1, 0.15) is 17.3 Å². The SMILES string of the molecule is C=CCC(C(C)=O)C(=O)[O-].C=CCC(C(C)=O)C(=O)[O-].C=CCC(C(C)=O)C(=O)[O-].[Al+3]. The second kappa shape index (κ2) is 20.4. The summed E-state index contributed by atoms with van der Waals surface area (Å²) in [6.45, 7) is 13.6. The van der Waals surface area contributed by atoms with E-state index in [1.54, 1.807) is 0 Å². The van der Waals surface area contributed by atoms with Gasteiger partial charge in [0.2, 0.25) is 0 Å².